The van der Waals surface area contributed by atoms with Gasteiger partial charge in [-0.1, -0.05) is 20.8 Å². The van der Waals surface area contributed by atoms with Crippen molar-refractivity contribution >= 4 is 17.5 Å². The monoisotopic (exact) mass is 265 g/mol. The van der Waals surface area contributed by atoms with Crippen LogP contribution in [0.5, 0.6) is 0 Å². The second-order valence-electron chi connectivity index (χ2n) is 4.87. The van der Waals surface area contributed by atoms with Crippen LogP contribution in [0.15, 0.2) is 6.07 Å². The van der Waals surface area contributed by atoms with Crippen LogP contribution in [0.2, 0.25) is 0 Å². The second-order valence-corrected chi connectivity index (χ2v) is 4.87. The molecule has 106 valence electrons. The van der Waals surface area contributed by atoms with Gasteiger partial charge in [0.2, 0.25) is 5.91 Å². The van der Waals surface area contributed by atoms with Crippen molar-refractivity contribution in [3.05, 3.63) is 11.9 Å². The van der Waals surface area contributed by atoms with Gasteiger partial charge in [0.15, 0.2) is 0 Å². The molecular weight excluding hydrogens is 242 g/mol. The molecule has 6 heteroatoms. The van der Waals surface area contributed by atoms with Crippen LogP contribution >= 0.6 is 0 Å². The zero-order valence-electron chi connectivity index (χ0n) is 12.1. The highest BCUT2D eigenvalue weighted by atomic mass is 16.1. The van der Waals surface area contributed by atoms with Gasteiger partial charge in [-0.25, -0.2) is 9.97 Å². The zero-order valence-corrected chi connectivity index (χ0v) is 12.1. The first-order chi connectivity index (χ1) is 8.93. The summed E-state index contributed by atoms with van der Waals surface area (Å²) in [4.78, 5) is 21.6. The maximum absolute atomic E-state index is 11.0. The van der Waals surface area contributed by atoms with Gasteiger partial charge >= 0.3 is 0 Å². The lowest BCUT2D eigenvalue weighted by molar-refractivity contribution is -0.116. The Kier molecular flexibility index (Phi) is 5.54. The summed E-state index contributed by atoms with van der Waals surface area (Å²) in [6.07, 6.45) is 1.02. The van der Waals surface area contributed by atoms with Gasteiger partial charge in [0.1, 0.15) is 17.5 Å². The molecule has 1 aromatic heterocycles. The Labute approximate surface area is 114 Å². The molecule has 19 heavy (non-hydrogen) atoms. The molecule has 3 N–H and O–H groups in total. The summed E-state index contributed by atoms with van der Waals surface area (Å²) >= 11 is 0. The number of hydrogen-bond donors (Lipinski definition) is 2. The number of anilines is 2. The van der Waals surface area contributed by atoms with Crippen LogP contribution in [0.1, 0.15) is 38.9 Å². The van der Waals surface area contributed by atoms with Gasteiger partial charge in [-0.05, 0) is 6.42 Å². The molecular formula is C13H23N5O. The molecule has 0 aliphatic heterocycles. The van der Waals surface area contributed by atoms with Crippen molar-refractivity contribution in [1.82, 2.24) is 9.97 Å². The molecule has 0 unspecified atom stereocenters. The molecule has 1 amide bonds. The number of rotatable bonds is 7. The van der Waals surface area contributed by atoms with Crippen LogP contribution < -0.4 is 16.0 Å². The number of primary amides is 1. The van der Waals surface area contributed by atoms with Crippen molar-refractivity contribution in [1.29, 1.82) is 0 Å². The molecule has 1 aromatic rings. The molecule has 0 spiro atoms. The zero-order chi connectivity index (χ0) is 14.4. The molecule has 0 bridgehead atoms. The number of hydrogen-bond acceptors (Lipinski definition) is 5. The first-order valence-electron chi connectivity index (χ1n) is 6.56. The van der Waals surface area contributed by atoms with E-state index >= 15 is 0 Å². The highest BCUT2D eigenvalue weighted by Crippen LogP contribution is 2.19. The van der Waals surface area contributed by atoms with Crippen LogP contribution in [0.25, 0.3) is 0 Å². The number of aromatic nitrogens is 2. The molecule has 0 radical (unpaired) electrons. The minimum Gasteiger partial charge on any atom is -0.370 e. The highest BCUT2D eigenvalue weighted by molar-refractivity contribution is 5.79. The van der Waals surface area contributed by atoms with E-state index in [1.165, 1.54) is 0 Å². The number of carbonyl (C=O) groups is 1. The van der Waals surface area contributed by atoms with Gasteiger partial charge in [0, 0.05) is 25.6 Å². The van der Waals surface area contributed by atoms with Crippen molar-refractivity contribution < 1.29 is 4.79 Å². The highest BCUT2D eigenvalue weighted by Gasteiger charge is 2.12. The van der Waals surface area contributed by atoms with Gasteiger partial charge in [0.05, 0.1) is 6.54 Å². The maximum Gasteiger partial charge on any atom is 0.236 e. The van der Waals surface area contributed by atoms with E-state index in [9.17, 15) is 4.79 Å². The molecule has 1 rings (SSSR count). The van der Waals surface area contributed by atoms with Crippen molar-refractivity contribution in [3.8, 4) is 0 Å². The summed E-state index contributed by atoms with van der Waals surface area (Å²) < 4.78 is 0. The van der Waals surface area contributed by atoms with Crippen LogP contribution in [-0.2, 0) is 4.79 Å². The predicted octanol–water partition coefficient (Wildman–Crippen LogP) is 1.34. The van der Waals surface area contributed by atoms with E-state index in [1.807, 2.05) is 19.9 Å². The Morgan fingerprint density at radius 3 is 2.68 bits per heavy atom. The van der Waals surface area contributed by atoms with E-state index in [0.717, 1.165) is 24.6 Å². The van der Waals surface area contributed by atoms with E-state index in [1.54, 1.807) is 11.9 Å². The average Bonchev–Trinajstić information content (AvgIpc) is 2.35. The largest absolute Gasteiger partial charge is 0.370 e. The predicted molar refractivity (Wildman–Crippen MR) is 77.4 cm³/mol. The van der Waals surface area contributed by atoms with Crippen molar-refractivity contribution in [2.45, 2.75) is 33.1 Å². The Bertz CT molecular complexity index is 433. The normalized spacial score (nSPS) is 10.6. The third-order valence-corrected chi connectivity index (χ3v) is 2.59. The van der Waals surface area contributed by atoms with Crippen molar-refractivity contribution in [2.24, 2.45) is 5.73 Å². The quantitative estimate of drug-likeness (QED) is 0.777. The van der Waals surface area contributed by atoms with E-state index < -0.39 is 0 Å². The Balaban J connectivity index is 3.01. The number of nitrogens with one attached hydrogen (secondary N) is 1. The lowest BCUT2D eigenvalue weighted by atomic mass is 10.2. The van der Waals surface area contributed by atoms with Crippen LogP contribution in [0.4, 0.5) is 11.6 Å². The Morgan fingerprint density at radius 1 is 1.47 bits per heavy atom. The summed E-state index contributed by atoms with van der Waals surface area (Å²) in [6.45, 7) is 7.17. The average molecular weight is 265 g/mol. The lowest BCUT2D eigenvalue weighted by Gasteiger charge is -2.19. The Hall–Kier alpha value is -1.85. The molecule has 6 nitrogen and oxygen atoms in total. The second kappa shape index (κ2) is 6.92. The smallest absolute Gasteiger partial charge is 0.236 e. The van der Waals surface area contributed by atoms with Gasteiger partial charge < -0.3 is 16.0 Å². The molecule has 0 saturated carbocycles. The maximum atomic E-state index is 11.0. The molecule has 0 aliphatic carbocycles. The van der Waals surface area contributed by atoms with Crippen LogP contribution in [-0.4, -0.2) is 36.0 Å². The molecule has 0 atom stereocenters. The fraction of sp³-hybridized carbons (Fsp3) is 0.615. The van der Waals surface area contributed by atoms with E-state index in [0.29, 0.717) is 5.82 Å². The summed E-state index contributed by atoms with van der Waals surface area (Å²) in [6, 6.07) is 1.84. The number of nitrogens with zero attached hydrogens (tertiary/aromatic N) is 3. The molecule has 0 aliphatic rings. The van der Waals surface area contributed by atoms with Crippen LogP contribution in [0, 0.1) is 0 Å². The molecule has 1 heterocycles. The van der Waals surface area contributed by atoms with E-state index in [2.05, 4.69) is 22.2 Å². The third kappa shape index (κ3) is 4.73. The Morgan fingerprint density at radius 2 is 2.16 bits per heavy atom. The molecule has 0 saturated heterocycles. The van der Waals surface area contributed by atoms with Crippen molar-refractivity contribution in [2.75, 3.05) is 30.4 Å². The van der Waals surface area contributed by atoms with Gasteiger partial charge in [-0.2, -0.15) is 0 Å². The minimum absolute atomic E-state index is 0.141. The van der Waals surface area contributed by atoms with Gasteiger partial charge in [-0.15, -0.1) is 0 Å². The molecule has 0 fully saturated rings. The van der Waals surface area contributed by atoms with E-state index in [-0.39, 0.29) is 18.4 Å². The van der Waals surface area contributed by atoms with Gasteiger partial charge in [0.25, 0.3) is 0 Å². The first-order valence-corrected chi connectivity index (χ1v) is 6.56. The number of amides is 1. The fourth-order valence-corrected chi connectivity index (χ4v) is 1.56. The number of carbonyl (C=O) groups excluding carboxylic acids is 1. The third-order valence-electron chi connectivity index (χ3n) is 2.59. The SMILES string of the molecule is CCCNc1cc(N(C)CC(N)=O)nc(C(C)C)n1. The van der Waals surface area contributed by atoms with Crippen LogP contribution in [0.3, 0.4) is 0 Å². The number of likely N-dealkylation sites (N-methyl/N-ethyl adjacent to an activating group) is 1. The summed E-state index contributed by atoms with van der Waals surface area (Å²) in [5, 5.41) is 3.24. The summed E-state index contributed by atoms with van der Waals surface area (Å²) in [5.74, 6) is 2.09. The topological polar surface area (TPSA) is 84.1 Å². The van der Waals surface area contributed by atoms with E-state index in [4.69, 9.17) is 5.73 Å². The first kappa shape index (κ1) is 15.2. The lowest BCUT2D eigenvalue weighted by Crippen LogP contribution is -2.31. The number of nitrogens with two attached hydrogens (primary N) is 1. The minimum atomic E-state index is -0.379. The molecule has 0 aromatic carbocycles. The fourth-order valence-electron chi connectivity index (χ4n) is 1.56. The summed E-state index contributed by atoms with van der Waals surface area (Å²) in [5.41, 5.74) is 5.21. The standard InChI is InChI=1S/C13H23N5O/c1-5-6-15-11-7-12(18(4)8-10(14)19)17-13(16-11)9(2)3/h7,9H,5-6,8H2,1-4H3,(H2,14,19)(H,15,16,17). The van der Waals surface area contributed by atoms with Gasteiger partial charge in [-0.3, -0.25) is 4.79 Å². The van der Waals surface area contributed by atoms with Crippen molar-refractivity contribution in [3.63, 3.8) is 0 Å². The summed E-state index contributed by atoms with van der Waals surface area (Å²) in [7, 11) is 1.79.